The third-order valence-corrected chi connectivity index (χ3v) is 6.69. The second kappa shape index (κ2) is 5.37. The van der Waals surface area contributed by atoms with Crippen LogP contribution >= 0.6 is 0 Å². The molecule has 5 heteroatoms. The predicted molar refractivity (Wildman–Crippen MR) is 80.6 cm³/mol. The van der Waals surface area contributed by atoms with Crippen molar-refractivity contribution in [3.05, 3.63) is 29.8 Å². The maximum absolute atomic E-state index is 12.8. The minimum atomic E-state index is -3.16. The summed E-state index contributed by atoms with van der Waals surface area (Å²) >= 11 is 0. The number of hydrogen-bond acceptors (Lipinski definition) is 3. The van der Waals surface area contributed by atoms with Crippen molar-refractivity contribution in [2.24, 2.45) is 0 Å². The van der Waals surface area contributed by atoms with E-state index in [0.717, 1.165) is 44.1 Å². The van der Waals surface area contributed by atoms with E-state index in [0.29, 0.717) is 12.2 Å². The predicted octanol–water partition coefficient (Wildman–Crippen LogP) is 2.51. The van der Waals surface area contributed by atoms with Gasteiger partial charge in [-0.3, -0.25) is 0 Å². The summed E-state index contributed by atoms with van der Waals surface area (Å²) in [6.45, 7) is 0.467. The van der Waals surface area contributed by atoms with Gasteiger partial charge >= 0.3 is 0 Å². The van der Waals surface area contributed by atoms with Gasteiger partial charge in [-0.2, -0.15) is 4.31 Å². The lowest BCUT2D eigenvalue weighted by Gasteiger charge is -2.25. The van der Waals surface area contributed by atoms with E-state index in [4.69, 9.17) is 5.73 Å². The molecular formula is C15H22N2O2S. The minimum absolute atomic E-state index is 0.163. The number of hydrogen-bond donors (Lipinski definition) is 1. The second-order valence-corrected chi connectivity index (χ2v) is 8.14. The summed E-state index contributed by atoms with van der Waals surface area (Å²) in [7, 11) is -3.16. The Bertz CT molecular complexity index is 575. The Morgan fingerprint density at radius 1 is 1.15 bits per heavy atom. The fourth-order valence-corrected chi connectivity index (χ4v) is 5.31. The van der Waals surface area contributed by atoms with Crippen LogP contribution in [0.1, 0.15) is 44.1 Å². The number of nitrogen functional groups attached to an aromatic ring is 1. The van der Waals surface area contributed by atoms with E-state index in [1.54, 1.807) is 4.31 Å². The summed E-state index contributed by atoms with van der Waals surface area (Å²) in [5.74, 6) is 0. The summed E-state index contributed by atoms with van der Waals surface area (Å²) < 4.78 is 27.3. The molecule has 0 atom stereocenters. The summed E-state index contributed by atoms with van der Waals surface area (Å²) in [5.41, 5.74) is 7.47. The maximum Gasteiger partial charge on any atom is 0.217 e. The number of nitrogens with two attached hydrogens (primary N) is 1. The van der Waals surface area contributed by atoms with Crippen LogP contribution in [-0.2, 0) is 16.6 Å². The standard InChI is InChI=1S/C15H22N2O2S/c16-13-5-3-4-12(10-13)11-17(14-8-9-14)20(18,19)15-6-1-2-7-15/h3-5,10,14-15H,1-2,6-9,11,16H2. The zero-order valence-electron chi connectivity index (χ0n) is 11.7. The van der Waals surface area contributed by atoms with Crippen molar-refractivity contribution in [2.45, 2.75) is 56.4 Å². The van der Waals surface area contributed by atoms with E-state index >= 15 is 0 Å². The highest BCUT2D eigenvalue weighted by molar-refractivity contribution is 7.89. The van der Waals surface area contributed by atoms with Gasteiger partial charge in [-0.25, -0.2) is 8.42 Å². The van der Waals surface area contributed by atoms with Gasteiger partial charge < -0.3 is 5.73 Å². The molecule has 0 bridgehead atoms. The van der Waals surface area contributed by atoms with Crippen LogP contribution < -0.4 is 5.73 Å². The molecule has 1 aromatic carbocycles. The molecule has 2 aliphatic rings. The molecule has 3 rings (SSSR count). The maximum atomic E-state index is 12.8. The molecule has 2 N–H and O–H groups in total. The highest BCUT2D eigenvalue weighted by atomic mass is 32.2. The number of sulfonamides is 1. The van der Waals surface area contributed by atoms with Gasteiger partial charge in [0.1, 0.15) is 0 Å². The van der Waals surface area contributed by atoms with Gasteiger partial charge in [0.05, 0.1) is 5.25 Å². The van der Waals surface area contributed by atoms with Crippen LogP contribution in [0.2, 0.25) is 0 Å². The molecule has 2 fully saturated rings. The third-order valence-electron chi connectivity index (χ3n) is 4.29. The zero-order chi connectivity index (χ0) is 14.2. The largest absolute Gasteiger partial charge is 0.399 e. The average Bonchev–Trinajstić information content (AvgIpc) is 3.08. The first-order chi connectivity index (χ1) is 9.57. The van der Waals surface area contributed by atoms with Gasteiger partial charge in [0.15, 0.2) is 0 Å². The lowest BCUT2D eigenvalue weighted by atomic mass is 10.2. The van der Waals surface area contributed by atoms with Gasteiger partial charge in [-0.05, 0) is 43.4 Å². The lowest BCUT2D eigenvalue weighted by molar-refractivity contribution is 0.391. The van der Waals surface area contributed by atoms with Gasteiger partial charge in [0.2, 0.25) is 10.0 Å². The third kappa shape index (κ3) is 2.83. The molecule has 110 valence electrons. The first-order valence-electron chi connectivity index (χ1n) is 7.42. The Morgan fingerprint density at radius 2 is 1.85 bits per heavy atom. The number of benzene rings is 1. The Balaban J connectivity index is 1.82. The SMILES string of the molecule is Nc1cccc(CN(C2CC2)S(=O)(=O)C2CCCC2)c1. The molecule has 20 heavy (non-hydrogen) atoms. The van der Waals surface area contributed by atoms with Crippen molar-refractivity contribution in [1.82, 2.24) is 4.31 Å². The van der Waals surface area contributed by atoms with Gasteiger partial charge in [0.25, 0.3) is 0 Å². The van der Waals surface area contributed by atoms with Gasteiger partial charge in [-0.15, -0.1) is 0 Å². The zero-order valence-corrected chi connectivity index (χ0v) is 12.5. The summed E-state index contributed by atoms with van der Waals surface area (Å²) in [5, 5.41) is -0.163. The van der Waals surface area contributed by atoms with Crippen molar-refractivity contribution >= 4 is 15.7 Å². The molecule has 0 aliphatic heterocycles. The summed E-state index contributed by atoms with van der Waals surface area (Å²) in [4.78, 5) is 0. The van der Waals surface area contributed by atoms with Gasteiger partial charge in [0, 0.05) is 18.3 Å². The van der Waals surface area contributed by atoms with Crippen molar-refractivity contribution in [1.29, 1.82) is 0 Å². The molecule has 2 aliphatic carbocycles. The average molecular weight is 294 g/mol. The molecule has 0 unspecified atom stereocenters. The van der Waals surface area contributed by atoms with Gasteiger partial charge in [-0.1, -0.05) is 25.0 Å². The topological polar surface area (TPSA) is 63.4 Å². The van der Waals surface area contributed by atoms with Crippen LogP contribution in [0.3, 0.4) is 0 Å². The molecular weight excluding hydrogens is 272 g/mol. The highest BCUT2D eigenvalue weighted by Crippen LogP contribution is 2.36. The molecule has 4 nitrogen and oxygen atoms in total. The number of nitrogens with zero attached hydrogens (tertiary/aromatic N) is 1. The number of anilines is 1. The Labute approximate surface area is 121 Å². The summed E-state index contributed by atoms with van der Waals surface area (Å²) in [6, 6.07) is 7.76. The molecule has 0 amide bonds. The summed E-state index contributed by atoms with van der Waals surface area (Å²) in [6.07, 6.45) is 5.72. The molecule has 0 aromatic heterocycles. The fraction of sp³-hybridized carbons (Fsp3) is 0.600. The Hall–Kier alpha value is -1.07. The van der Waals surface area contributed by atoms with Crippen molar-refractivity contribution < 1.29 is 8.42 Å². The van der Waals surface area contributed by atoms with Crippen LogP contribution in [0.25, 0.3) is 0 Å². The molecule has 0 spiro atoms. The van der Waals surface area contributed by atoms with Crippen molar-refractivity contribution in [2.75, 3.05) is 5.73 Å². The van der Waals surface area contributed by atoms with E-state index in [1.165, 1.54) is 0 Å². The number of rotatable bonds is 5. The Kier molecular flexibility index (Phi) is 3.73. The molecule has 1 aromatic rings. The first kappa shape index (κ1) is 13.9. The van der Waals surface area contributed by atoms with E-state index in [-0.39, 0.29) is 11.3 Å². The van der Waals surface area contributed by atoms with Crippen LogP contribution in [0, 0.1) is 0 Å². The van der Waals surface area contributed by atoms with Crippen molar-refractivity contribution in [3.8, 4) is 0 Å². The Morgan fingerprint density at radius 3 is 2.45 bits per heavy atom. The van der Waals surface area contributed by atoms with Crippen LogP contribution in [-0.4, -0.2) is 24.0 Å². The quantitative estimate of drug-likeness (QED) is 0.849. The van der Waals surface area contributed by atoms with Crippen LogP contribution in [0.15, 0.2) is 24.3 Å². The minimum Gasteiger partial charge on any atom is -0.399 e. The monoisotopic (exact) mass is 294 g/mol. The normalized spacial score (nSPS) is 20.6. The van der Waals surface area contributed by atoms with Crippen molar-refractivity contribution in [3.63, 3.8) is 0 Å². The van der Waals surface area contributed by atoms with E-state index < -0.39 is 10.0 Å². The van der Waals surface area contributed by atoms with E-state index in [1.807, 2.05) is 24.3 Å². The molecule has 0 saturated heterocycles. The van der Waals surface area contributed by atoms with E-state index in [9.17, 15) is 8.42 Å². The lowest BCUT2D eigenvalue weighted by Crippen LogP contribution is -2.38. The fourth-order valence-electron chi connectivity index (χ4n) is 3.04. The first-order valence-corrected chi connectivity index (χ1v) is 8.93. The van der Waals surface area contributed by atoms with E-state index in [2.05, 4.69) is 0 Å². The van der Waals surface area contributed by atoms with Crippen LogP contribution in [0.5, 0.6) is 0 Å². The molecule has 0 radical (unpaired) electrons. The van der Waals surface area contributed by atoms with Crippen LogP contribution in [0.4, 0.5) is 5.69 Å². The molecule has 2 saturated carbocycles. The second-order valence-electron chi connectivity index (χ2n) is 5.97. The highest BCUT2D eigenvalue weighted by Gasteiger charge is 2.41. The molecule has 0 heterocycles. The smallest absolute Gasteiger partial charge is 0.217 e.